The van der Waals surface area contributed by atoms with E-state index in [4.69, 9.17) is 11.6 Å². The van der Waals surface area contributed by atoms with Crippen LogP contribution in [0.5, 0.6) is 0 Å². The topological polar surface area (TPSA) is 12.0 Å². The highest BCUT2D eigenvalue weighted by Crippen LogP contribution is 2.32. The largest absolute Gasteiger partial charge is 0.375 e. The Kier molecular flexibility index (Phi) is 5.00. The molecule has 0 fully saturated rings. The van der Waals surface area contributed by atoms with Gasteiger partial charge < -0.3 is 5.32 Å². The zero-order valence-corrected chi connectivity index (χ0v) is 13.1. The first-order chi connectivity index (χ1) is 9.51. The first kappa shape index (κ1) is 15.3. The van der Waals surface area contributed by atoms with Gasteiger partial charge in [-0.3, -0.25) is 0 Å². The van der Waals surface area contributed by atoms with Gasteiger partial charge in [0.15, 0.2) is 0 Å². The second-order valence-electron chi connectivity index (χ2n) is 4.40. The van der Waals surface area contributed by atoms with Gasteiger partial charge in [-0.2, -0.15) is 0 Å². The van der Waals surface area contributed by atoms with E-state index in [1.165, 1.54) is 6.07 Å². The highest BCUT2D eigenvalue weighted by atomic mass is 79.9. The van der Waals surface area contributed by atoms with E-state index >= 15 is 0 Å². The van der Waals surface area contributed by atoms with E-state index < -0.39 is 11.6 Å². The van der Waals surface area contributed by atoms with Crippen LogP contribution in [0.25, 0.3) is 0 Å². The van der Waals surface area contributed by atoms with Crippen molar-refractivity contribution in [3.8, 4) is 0 Å². The van der Waals surface area contributed by atoms with Crippen molar-refractivity contribution in [3.63, 3.8) is 0 Å². The van der Waals surface area contributed by atoms with Crippen molar-refractivity contribution in [2.45, 2.75) is 19.4 Å². The third kappa shape index (κ3) is 3.49. The van der Waals surface area contributed by atoms with E-state index in [0.717, 1.165) is 18.1 Å². The lowest BCUT2D eigenvalue weighted by atomic mass is 10.0. The van der Waals surface area contributed by atoms with Crippen molar-refractivity contribution >= 4 is 33.2 Å². The molecule has 0 aliphatic carbocycles. The minimum atomic E-state index is -0.627. The maximum atomic E-state index is 13.8. The maximum Gasteiger partial charge on any atom is 0.150 e. The van der Waals surface area contributed by atoms with Gasteiger partial charge in [0.2, 0.25) is 0 Å². The van der Waals surface area contributed by atoms with Crippen molar-refractivity contribution < 1.29 is 8.78 Å². The minimum absolute atomic E-state index is 0.107. The Morgan fingerprint density at radius 1 is 1.25 bits per heavy atom. The van der Waals surface area contributed by atoms with Crippen LogP contribution in [-0.4, -0.2) is 0 Å². The molecular formula is C15H13BrClF2N. The summed E-state index contributed by atoms with van der Waals surface area (Å²) in [6.45, 7) is 1.98. The van der Waals surface area contributed by atoms with E-state index in [1.807, 2.05) is 25.1 Å². The summed E-state index contributed by atoms with van der Waals surface area (Å²) in [6, 6.07) is 9.36. The molecule has 106 valence electrons. The first-order valence-corrected chi connectivity index (χ1v) is 7.35. The lowest BCUT2D eigenvalue weighted by Crippen LogP contribution is -2.11. The zero-order valence-electron chi connectivity index (χ0n) is 10.8. The Balaban J connectivity index is 2.32. The predicted molar refractivity (Wildman–Crippen MR) is 82.2 cm³/mol. The highest BCUT2D eigenvalue weighted by molar-refractivity contribution is 9.10. The van der Waals surface area contributed by atoms with Crippen molar-refractivity contribution in [3.05, 3.63) is 63.1 Å². The van der Waals surface area contributed by atoms with Gasteiger partial charge in [0.25, 0.3) is 0 Å². The van der Waals surface area contributed by atoms with Crippen LogP contribution in [0.15, 0.2) is 40.9 Å². The number of hydrogen-bond donors (Lipinski definition) is 1. The van der Waals surface area contributed by atoms with Crippen LogP contribution in [0.4, 0.5) is 14.5 Å². The standard InChI is InChI=1S/C15H13BrClF2N/c1-2-14(9-4-3-5-10(17)6-9)20-15-12(16)7-11(18)8-13(15)19/h3-8,14,20H,2H2,1H3. The molecule has 1 nitrogen and oxygen atoms in total. The van der Waals surface area contributed by atoms with Gasteiger partial charge in [0, 0.05) is 15.6 Å². The number of anilines is 1. The molecule has 0 amide bonds. The summed E-state index contributed by atoms with van der Waals surface area (Å²) in [5, 5.41) is 3.72. The van der Waals surface area contributed by atoms with E-state index in [2.05, 4.69) is 21.2 Å². The molecule has 2 aromatic rings. The predicted octanol–water partition coefficient (Wildman–Crippen LogP) is 5.94. The summed E-state index contributed by atoms with van der Waals surface area (Å²) >= 11 is 9.15. The fraction of sp³-hybridized carbons (Fsp3) is 0.200. The Hall–Kier alpha value is -1.13. The van der Waals surface area contributed by atoms with Crippen LogP contribution in [0, 0.1) is 11.6 Å². The summed E-state index contributed by atoms with van der Waals surface area (Å²) < 4.78 is 27.3. The van der Waals surface area contributed by atoms with Gasteiger partial charge in [-0.15, -0.1) is 0 Å². The molecule has 0 bridgehead atoms. The van der Waals surface area contributed by atoms with Crippen molar-refractivity contribution in [1.29, 1.82) is 0 Å². The average molecular weight is 361 g/mol. The molecule has 0 radical (unpaired) electrons. The van der Waals surface area contributed by atoms with Gasteiger partial charge in [0.05, 0.1) is 11.7 Å². The second kappa shape index (κ2) is 6.55. The third-order valence-electron chi connectivity index (χ3n) is 2.98. The number of hydrogen-bond acceptors (Lipinski definition) is 1. The first-order valence-electron chi connectivity index (χ1n) is 6.17. The van der Waals surface area contributed by atoms with Gasteiger partial charge in [-0.25, -0.2) is 8.78 Å². The smallest absolute Gasteiger partial charge is 0.150 e. The average Bonchev–Trinajstić information content (AvgIpc) is 2.38. The fourth-order valence-electron chi connectivity index (χ4n) is 2.00. The molecule has 0 aromatic heterocycles. The van der Waals surface area contributed by atoms with Crippen molar-refractivity contribution in [2.24, 2.45) is 0 Å². The molecular weight excluding hydrogens is 348 g/mol. The summed E-state index contributed by atoms with van der Waals surface area (Å²) in [7, 11) is 0. The molecule has 0 saturated carbocycles. The molecule has 1 unspecified atom stereocenters. The monoisotopic (exact) mass is 359 g/mol. The van der Waals surface area contributed by atoms with Crippen LogP contribution < -0.4 is 5.32 Å². The van der Waals surface area contributed by atoms with Crippen LogP contribution in [0.3, 0.4) is 0 Å². The molecule has 1 N–H and O–H groups in total. The molecule has 20 heavy (non-hydrogen) atoms. The van der Waals surface area contributed by atoms with Crippen LogP contribution in [0.2, 0.25) is 5.02 Å². The lowest BCUT2D eigenvalue weighted by molar-refractivity contribution is 0.581. The zero-order chi connectivity index (χ0) is 14.7. The summed E-state index contributed by atoms with van der Waals surface area (Å²) in [6.07, 6.45) is 0.740. The van der Waals surface area contributed by atoms with E-state index in [0.29, 0.717) is 9.50 Å². The summed E-state index contributed by atoms with van der Waals surface area (Å²) in [5.41, 5.74) is 1.20. The fourth-order valence-corrected chi connectivity index (χ4v) is 2.72. The molecule has 1 atom stereocenters. The van der Waals surface area contributed by atoms with E-state index in [1.54, 1.807) is 6.07 Å². The van der Waals surface area contributed by atoms with Crippen LogP contribution >= 0.6 is 27.5 Å². The SMILES string of the molecule is CCC(Nc1c(F)cc(F)cc1Br)c1cccc(Cl)c1. The Labute approximate surface area is 130 Å². The number of benzene rings is 2. The summed E-state index contributed by atoms with van der Waals surface area (Å²) in [4.78, 5) is 0. The van der Waals surface area contributed by atoms with E-state index in [9.17, 15) is 8.78 Å². The van der Waals surface area contributed by atoms with Crippen molar-refractivity contribution in [1.82, 2.24) is 0 Å². The van der Waals surface area contributed by atoms with Gasteiger partial charge in [-0.1, -0.05) is 30.7 Å². The van der Waals surface area contributed by atoms with E-state index in [-0.39, 0.29) is 11.7 Å². The van der Waals surface area contributed by atoms with Gasteiger partial charge >= 0.3 is 0 Å². The van der Waals surface area contributed by atoms with Crippen LogP contribution in [-0.2, 0) is 0 Å². The van der Waals surface area contributed by atoms with Gasteiger partial charge in [0.1, 0.15) is 11.6 Å². The normalized spacial score (nSPS) is 12.2. The molecule has 0 aliphatic rings. The Morgan fingerprint density at radius 3 is 2.60 bits per heavy atom. The molecule has 0 aliphatic heterocycles. The molecule has 0 heterocycles. The molecule has 0 spiro atoms. The molecule has 2 rings (SSSR count). The molecule has 5 heteroatoms. The Bertz CT molecular complexity index is 596. The highest BCUT2D eigenvalue weighted by Gasteiger charge is 2.15. The third-order valence-corrected chi connectivity index (χ3v) is 3.85. The summed E-state index contributed by atoms with van der Waals surface area (Å²) in [5.74, 6) is -1.24. The molecule has 0 saturated heterocycles. The number of halogens is 4. The minimum Gasteiger partial charge on any atom is -0.375 e. The van der Waals surface area contributed by atoms with Gasteiger partial charge in [-0.05, 0) is 46.1 Å². The van der Waals surface area contributed by atoms with Crippen LogP contribution in [0.1, 0.15) is 24.9 Å². The maximum absolute atomic E-state index is 13.8. The number of rotatable bonds is 4. The lowest BCUT2D eigenvalue weighted by Gasteiger charge is -2.20. The molecule has 2 aromatic carbocycles. The van der Waals surface area contributed by atoms with Crippen molar-refractivity contribution in [2.75, 3.05) is 5.32 Å². The Morgan fingerprint density at radius 2 is 2.00 bits per heavy atom. The number of nitrogens with one attached hydrogen (secondary N) is 1. The second-order valence-corrected chi connectivity index (χ2v) is 5.70. The quantitative estimate of drug-likeness (QED) is 0.711.